The summed E-state index contributed by atoms with van der Waals surface area (Å²) in [6.07, 6.45) is 1.46. The van der Waals surface area contributed by atoms with Crippen LogP contribution in [0, 0.1) is 0 Å². The molecule has 1 N–H and O–H groups in total. The zero-order valence-electron chi connectivity index (χ0n) is 4.95. The van der Waals surface area contributed by atoms with Gasteiger partial charge < -0.3 is 10.0 Å². The Balaban J connectivity index is 2.32. The summed E-state index contributed by atoms with van der Waals surface area (Å²) in [5.41, 5.74) is 0. The summed E-state index contributed by atoms with van der Waals surface area (Å²) in [7, 11) is 0. The third-order valence-electron chi connectivity index (χ3n) is 1.09. The second-order valence-corrected chi connectivity index (χ2v) is 1.83. The molecular weight excluding hydrogens is 120 g/mol. The number of rotatable bonds is 2. The quantitative estimate of drug-likeness (QED) is 0.511. The van der Waals surface area contributed by atoms with Crippen molar-refractivity contribution in [1.29, 1.82) is 0 Å². The Morgan fingerprint density at radius 1 is 1.89 bits per heavy atom. The first-order chi connectivity index (χ1) is 4.33. The Morgan fingerprint density at radius 3 is 3.11 bits per heavy atom. The smallest absolute Gasteiger partial charge is 0.266 e. The summed E-state index contributed by atoms with van der Waals surface area (Å²) in [5, 5.41) is 8.40. The van der Waals surface area contributed by atoms with Crippen molar-refractivity contribution >= 4 is 12.2 Å². The molecule has 0 aromatic heterocycles. The maximum absolute atomic E-state index is 10.4. The lowest BCUT2D eigenvalue weighted by atomic mass is 10.5. The number of amides is 1. The van der Waals surface area contributed by atoms with Crippen LogP contribution in [0.25, 0.3) is 0 Å². The zero-order valence-corrected chi connectivity index (χ0v) is 4.95. The average Bonchev–Trinajstić information content (AvgIpc) is 2.17. The van der Waals surface area contributed by atoms with Crippen LogP contribution in [0.3, 0.4) is 0 Å². The SMILES string of the molecule is O=C1CN(CCO)C=N1. The van der Waals surface area contributed by atoms with Crippen LogP contribution < -0.4 is 0 Å². The molecule has 0 unspecified atom stereocenters. The molecule has 50 valence electrons. The van der Waals surface area contributed by atoms with Gasteiger partial charge in [0.1, 0.15) is 6.54 Å². The molecule has 1 aliphatic rings. The standard InChI is InChI=1S/C5H8N2O2/c8-2-1-7-3-5(9)6-4-7/h4,8H,1-3H2. The van der Waals surface area contributed by atoms with E-state index in [1.54, 1.807) is 4.90 Å². The Labute approximate surface area is 52.8 Å². The monoisotopic (exact) mass is 128 g/mol. The maximum Gasteiger partial charge on any atom is 0.266 e. The number of β-amino-alcohol motifs (C(OH)–C–C–N with tert-alkyl or cyclic N) is 1. The predicted octanol–water partition coefficient (Wildman–Crippen LogP) is -1.15. The van der Waals surface area contributed by atoms with E-state index < -0.39 is 0 Å². The molecule has 0 aromatic rings. The molecule has 0 radical (unpaired) electrons. The average molecular weight is 128 g/mol. The van der Waals surface area contributed by atoms with Crippen molar-refractivity contribution in [3.63, 3.8) is 0 Å². The summed E-state index contributed by atoms with van der Waals surface area (Å²) in [4.78, 5) is 15.6. The zero-order chi connectivity index (χ0) is 6.69. The van der Waals surface area contributed by atoms with E-state index in [9.17, 15) is 4.79 Å². The number of aliphatic hydroxyl groups is 1. The maximum atomic E-state index is 10.4. The highest BCUT2D eigenvalue weighted by atomic mass is 16.3. The molecule has 0 fully saturated rings. The Bertz CT molecular complexity index is 144. The first-order valence-electron chi connectivity index (χ1n) is 2.75. The fourth-order valence-corrected chi connectivity index (χ4v) is 0.667. The van der Waals surface area contributed by atoms with Crippen LogP contribution in [-0.4, -0.2) is 41.9 Å². The fraction of sp³-hybridized carbons (Fsp3) is 0.600. The highest BCUT2D eigenvalue weighted by Gasteiger charge is 2.11. The molecule has 0 aliphatic carbocycles. The molecule has 4 heteroatoms. The second-order valence-electron chi connectivity index (χ2n) is 1.83. The molecule has 0 spiro atoms. The summed E-state index contributed by atoms with van der Waals surface area (Å²) in [5.74, 6) is -0.136. The summed E-state index contributed by atoms with van der Waals surface area (Å²) < 4.78 is 0. The van der Waals surface area contributed by atoms with Gasteiger partial charge in [-0.25, -0.2) is 4.99 Å². The lowest BCUT2D eigenvalue weighted by molar-refractivity contribution is -0.117. The van der Waals surface area contributed by atoms with E-state index in [1.807, 2.05) is 0 Å². The van der Waals surface area contributed by atoms with Gasteiger partial charge in [0.2, 0.25) is 0 Å². The fourth-order valence-electron chi connectivity index (χ4n) is 0.667. The molecule has 9 heavy (non-hydrogen) atoms. The predicted molar refractivity (Wildman–Crippen MR) is 32.2 cm³/mol. The molecule has 0 aromatic carbocycles. The van der Waals surface area contributed by atoms with Crippen LogP contribution in [0.1, 0.15) is 0 Å². The molecule has 1 heterocycles. The molecule has 0 saturated heterocycles. The van der Waals surface area contributed by atoms with Crippen molar-refractivity contribution in [2.45, 2.75) is 0 Å². The number of carbonyl (C=O) groups is 1. The van der Waals surface area contributed by atoms with E-state index in [1.165, 1.54) is 6.34 Å². The summed E-state index contributed by atoms with van der Waals surface area (Å²) >= 11 is 0. The first-order valence-corrected chi connectivity index (χ1v) is 2.75. The van der Waals surface area contributed by atoms with Crippen LogP contribution in [0.15, 0.2) is 4.99 Å². The van der Waals surface area contributed by atoms with Crippen molar-refractivity contribution in [2.24, 2.45) is 4.99 Å². The highest BCUT2D eigenvalue weighted by molar-refractivity contribution is 5.91. The molecule has 4 nitrogen and oxygen atoms in total. The highest BCUT2D eigenvalue weighted by Crippen LogP contribution is 1.92. The van der Waals surface area contributed by atoms with E-state index in [0.29, 0.717) is 13.1 Å². The molecular formula is C5H8N2O2. The van der Waals surface area contributed by atoms with Crippen molar-refractivity contribution in [3.05, 3.63) is 0 Å². The second kappa shape index (κ2) is 2.59. The minimum absolute atomic E-state index is 0.0687. The van der Waals surface area contributed by atoms with E-state index in [4.69, 9.17) is 5.11 Å². The van der Waals surface area contributed by atoms with E-state index in [0.717, 1.165) is 0 Å². The molecule has 1 aliphatic heterocycles. The van der Waals surface area contributed by atoms with E-state index >= 15 is 0 Å². The number of carbonyl (C=O) groups excluding carboxylic acids is 1. The van der Waals surface area contributed by atoms with Crippen LogP contribution in [-0.2, 0) is 4.79 Å². The van der Waals surface area contributed by atoms with E-state index in [2.05, 4.69) is 4.99 Å². The van der Waals surface area contributed by atoms with Crippen molar-refractivity contribution in [1.82, 2.24) is 4.90 Å². The van der Waals surface area contributed by atoms with Crippen molar-refractivity contribution < 1.29 is 9.90 Å². The normalized spacial score (nSPS) is 17.4. The summed E-state index contributed by atoms with van der Waals surface area (Å²) in [6.45, 7) is 0.884. The Morgan fingerprint density at radius 2 is 2.67 bits per heavy atom. The largest absolute Gasteiger partial charge is 0.395 e. The lowest BCUT2D eigenvalue weighted by Crippen LogP contribution is -2.24. The number of aliphatic imine (C=N–C) groups is 1. The van der Waals surface area contributed by atoms with E-state index in [-0.39, 0.29) is 12.5 Å². The summed E-state index contributed by atoms with van der Waals surface area (Å²) in [6, 6.07) is 0. The number of aliphatic hydroxyl groups excluding tert-OH is 1. The molecule has 0 saturated carbocycles. The van der Waals surface area contributed by atoms with Gasteiger partial charge in [-0.1, -0.05) is 0 Å². The first kappa shape index (κ1) is 6.22. The van der Waals surface area contributed by atoms with Gasteiger partial charge in [0.15, 0.2) is 0 Å². The van der Waals surface area contributed by atoms with Crippen LogP contribution in [0.4, 0.5) is 0 Å². The van der Waals surface area contributed by atoms with Crippen LogP contribution in [0.2, 0.25) is 0 Å². The van der Waals surface area contributed by atoms with Gasteiger partial charge in [0, 0.05) is 6.54 Å². The van der Waals surface area contributed by atoms with Gasteiger partial charge in [-0.2, -0.15) is 0 Å². The Hall–Kier alpha value is -0.900. The van der Waals surface area contributed by atoms with Crippen molar-refractivity contribution in [3.8, 4) is 0 Å². The van der Waals surface area contributed by atoms with Crippen molar-refractivity contribution in [2.75, 3.05) is 19.7 Å². The van der Waals surface area contributed by atoms with Crippen LogP contribution in [0.5, 0.6) is 0 Å². The lowest BCUT2D eigenvalue weighted by Gasteiger charge is -2.08. The number of nitrogens with zero attached hydrogens (tertiary/aromatic N) is 2. The molecule has 0 atom stereocenters. The molecule has 1 rings (SSSR count). The Kier molecular flexibility index (Phi) is 1.79. The third kappa shape index (κ3) is 1.50. The minimum atomic E-state index is -0.136. The van der Waals surface area contributed by atoms with Gasteiger partial charge in [0.25, 0.3) is 5.91 Å². The third-order valence-corrected chi connectivity index (χ3v) is 1.09. The van der Waals surface area contributed by atoms with Crippen LogP contribution >= 0.6 is 0 Å². The van der Waals surface area contributed by atoms with Gasteiger partial charge in [-0.3, -0.25) is 4.79 Å². The number of hydrogen-bond donors (Lipinski definition) is 1. The topological polar surface area (TPSA) is 52.9 Å². The van der Waals surface area contributed by atoms with Gasteiger partial charge in [-0.05, 0) is 0 Å². The number of hydrogen-bond acceptors (Lipinski definition) is 3. The van der Waals surface area contributed by atoms with Gasteiger partial charge in [-0.15, -0.1) is 0 Å². The minimum Gasteiger partial charge on any atom is -0.395 e. The van der Waals surface area contributed by atoms with Gasteiger partial charge >= 0.3 is 0 Å². The molecule has 0 bridgehead atoms. The molecule has 1 amide bonds. The van der Waals surface area contributed by atoms with Gasteiger partial charge in [0.05, 0.1) is 12.9 Å².